The van der Waals surface area contributed by atoms with Gasteiger partial charge < -0.3 is 14.3 Å². The number of fused-ring (bicyclic) bond motifs is 1. The van der Waals surface area contributed by atoms with Gasteiger partial charge in [-0.1, -0.05) is 26.3 Å². The standard InChI is InChI=1S/C25H29NO3/c1-3-5-17-6-7-19-16-21(12-13-22(17)19)28-15-14-23-24(4-2)29-25(26-23)18-8-10-20(27)11-9-18/h8-13,16-17,27H,3-7,14-15H2,1-2H3. The van der Waals surface area contributed by atoms with Crippen molar-refractivity contribution in [2.24, 2.45) is 0 Å². The van der Waals surface area contributed by atoms with Crippen LogP contribution >= 0.6 is 0 Å². The summed E-state index contributed by atoms with van der Waals surface area (Å²) in [7, 11) is 0. The lowest BCUT2D eigenvalue weighted by Gasteiger charge is -2.11. The number of benzene rings is 2. The zero-order valence-electron chi connectivity index (χ0n) is 17.3. The molecule has 4 rings (SSSR count). The van der Waals surface area contributed by atoms with Crippen molar-refractivity contribution in [1.82, 2.24) is 4.98 Å². The van der Waals surface area contributed by atoms with E-state index in [1.54, 1.807) is 12.1 Å². The zero-order chi connectivity index (χ0) is 20.2. The largest absolute Gasteiger partial charge is 0.508 e. The minimum atomic E-state index is 0.236. The van der Waals surface area contributed by atoms with Crippen molar-refractivity contribution in [2.75, 3.05) is 6.61 Å². The molecule has 29 heavy (non-hydrogen) atoms. The minimum Gasteiger partial charge on any atom is -0.508 e. The molecular formula is C25H29NO3. The summed E-state index contributed by atoms with van der Waals surface area (Å²) in [6.45, 7) is 4.90. The van der Waals surface area contributed by atoms with E-state index in [9.17, 15) is 5.11 Å². The van der Waals surface area contributed by atoms with Crippen LogP contribution in [0.1, 0.15) is 61.6 Å². The molecule has 0 saturated carbocycles. The number of phenolic OH excluding ortho intramolecular Hbond substituents is 1. The predicted octanol–water partition coefficient (Wildman–Crippen LogP) is 6.06. The molecule has 3 aromatic rings. The summed E-state index contributed by atoms with van der Waals surface area (Å²) in [5, 5.41) is 9.47. The summed E-state index contributed by atoms with van der Waals surface area (Å²) in [4.78, 5) is 4.67. The summed E-state index contributed by atoms with van der Waals surface area (Å²) in [6.07, 6.45) is 6.45. The van der Waals surface area contributed by atoms with Gasteiger partial charge in [-0.2, -0.15) is 0 Å². The second-order valence-corrected chi connectivity index (χ2v) is 7.77. The Labute approximate surface area is 172 Å². The molecule has 0 radical (unpaired) electrons. The van der Waals surface area contributed by atoms with Crippen molar-refractivity contribution >= 4 is 0 Å². The van der Waals surface area contributed by atoms with Gasteiger partial charge in [0.2, 0.25) is 5.89 Å². The average molecular weight is 392 g/mol. The molecule has 4 heteroatoms. The zero-order valence-corrected chi connectivity index (χ0v) is 17.3. The molecule has 152 valence electrons. The van der Waals surface area contributed by atoms with E-state index in [-0.39, 0.29) is 5.75 Å². The number of hydrogen-bond donors (Lipinski definition) is 1. The van der Waals surface area contributed by atoms with Gasteiger partial charge in [-0.3, -0.25) is 0 Å². The molecule has 2 aromatic carbocycles. The van der Waals surface area contributed by atoms with Crippen LogP contribution in [0.15, 0.2) is 46.9 Å². The van der Waals surface area contributed by atoms with Gasteiger partial charge in [-0.15, -0.1) is 0 Å². The minimum absolute atomic E-state index is 0.236. The molecule has 0 amide bonds. The van der Waals surface area contributed by atoms with E-state index in [0.717, 1.165) is 41.5 Å². The second-order valence-electron chi connectivity index (χ2n) is 7.77. The molecule has 1 atom stereocenters. The van der Waals surface area contributed by atoms with Crippen LogP contribution in [-0.2, 0) is 19.3 Å². The number of aromatic nitrogens is 1. The van der Waals surface area contributed by atoms with Crippen molar-refractivity contribution in [1.29, 1.82) is 0 Å². The highest BCUT2D eigenvalue weighted by molar-refractivity contribution is 5.55. The van der Waals surface area contributed by atoms with E-state index >= 15 is 0 Å². The smallest absolute Gasteiger partial charge is 0.226 e. The Hall–Kier alpha value is -2.75. The molecule has 0 saturated heterocycles. The SMILES string of the molecule is CCCC1CCc2cc(OCCc3nc(-c4ccc(O)cc4)oc3CC)ccc21. The van der Waals surface area contributed by atoms with Gasteiger partial charge in [0, 0.05) is 18.4 Å². The number of ether oxygens (including phenoxy) is 1. The summed E-state index contributed by atoms with van der Waals surface area (Å²) < 4.78 is 12.0. The fraction of sp³-hybridized carbons (Fsp3) is 0.400. The van der Waals surface area contributed by atoms with Crippen LogP contribution in [0.4, 0.5) is 0 Å². The lowest BCUT2D eigenvalue weighted by atomic mass is 9.97. The molecule has 1 unspecified atom stereocenters. The van der Waals surface area contributed by atoms with Crippen molar-refractivity contribution < 1.29 is 14.3 Å². The van der Waals surface area contributed by atoms with Crippen molar-refractivity contribution in [3.8, 4) is 23.0 Å². The molecule has 1 aliphatic rings. The summed E-state index contributed by atoms with van der Waals surface area (Å²) >= 11 is 0. The lowest BCUT2D eigenvalue weighted by molar-refractivity contribution is 0.319. The normalized spacial score (nSPS) is 15.4. The fourth-order valence-corrected chi connectivity index (χ4v) is 4.27. The number of aryl methyl sites for hydroxylation is 2. The first-order valence-electron chi connectivity index (χ1n) is 10.7. The maximum atomic E-state index is 9.47. The Bertz CT molecular complexity index is 959. The molecule has 1 aromatic heterocycles. The Morgan fingerprint density at radius 1 is 1.14 bits per heavy atom. The number of hydrogen-bond acceptors (Lipinski definition) is 4. The van der Waals surface area contributed by atoms with Gasteiger partial charge in [0.05, 0.1) is 12.3 Å². The summed E-state index contributed by atoms with van der Waals surface area (Å²) in [5.74, 6) is 3.40. The molecule has 1 heterocycles. The van der Waals surface area contributed by atoms with E-state index in [2.05, 4.69) is 37.0 Å². The van der Waals surface area contributed by atoms with E-state index in [1.807, 2.05) is 12.1 Å². The number of oxazole rings is 1. The van der Waals surface area contributed by atoms with E-state index in [0.29, 0.717) is 18.9 Å². The van der Waals surface area contributed by atoms with Crippen molar-refractivity contribution in [3.05, 3.63) is 65.0 Å². The number of rotatable bonds is 8. The molecule has 0 bridgehead atoms. The maximum Gasteiger partial charge on any atom is 0.226 e. The third-order valence-corrected chi connectivity index (χ3v) is 5.77. The van der Waals surface area contributed by atoms with Gasteiger partial charge in [0.1, 0.15) is 17.3 Å². The van der Waals surface area contributed by atoms with Crippen LogP contribution < -0.4 is 4.74 Å². The highest BCUT2D eigenvalue weighted by Crippen LogP contribution is 2.38. The van der Waals surface area contributed by atoms with Crippen molar-refractivity contribution in [3.63, 3.8) is 0 Å². The van der Waals surface area contributed by atoms with Crippen LogP contribution in [0, 0.1) is 0 Å². The van der Waals surface area contributed by atoms with Crippen LogP contribution in [0.25, 0.3) is 11.5 Å². The van der Waals surface area contributed by atoms with Gasteiger partial charge in [-0.05, 0) is 72.7 Å². The van der Waals surface area contributed by atoms with E-state index < -0.39 is 0 Å². The Morgan fingerprint density at radius 3 is 2.72 bits per heavy atom. The maximum absolute atomic E-state index is 9.47. The van der Waals surface area contributed by atoms with Gasteiger partial charge in [0.15, 0.2) is 0 Å². The third kappa shape index (κ3) is 4.31. The Balaban J connectivity index is 1.40. The first kappa shape index (κ1) is 19.6. The first-order valence-corrected chi connectivity index (χ1v) is 10.7. The Morgan fingerprint density at radius 2 is 1.97 bits per heavy atom. The Kier molecular flexibility index (Phi) is 5.89. The van der Waals surface area contributed by atoms with Crippen LogP contribution in [0.3, 0.4) is 0 Å². The monoisotopic (exact) mass is 391 g/mol. The predicted molar refractivity (Wildman–Crippen MR) is 115 cm³/mol. The fourth-order valence-electron chi connectivity index (χ4n) is 4.27. The van der Waals surface area contributed by atoms with E-state index in [4.69, 9.17) is 9.15 Å². The first-order chi connectivity index (χ1) is 14.2. The topological polar surface area (TPSA) is 55.5 Å². The quantitative estimate of drug-likeness (QED) is 0.507. The molecule has 4 nitrogen and oxygen atoms in total. The average Bonchev–Trinajstić information content (AvgIpc) is 3.33. The van der Waals surface area contributed by atoms with Crippen LogP contribution in [0.2, 0.25) is 0 Å². The van der Waals surface area contributed by atoms with Gasteiger partial charge >= 0.3 is 0 Å². The molecular weight excluding hydrogens is 362 g/mol. The second kappa shape index (κ2) is 8.73. The molecule has 0 spiro atoms. The lowest BCUT2D eigenvalue weighted by Crippen LogP contribution is -2.04. The summed E-state index contributed by atoms with van der Waals surface area (Å²) in [5.41, 5.74) is 4.78. The van der Waals surface area contributed by atoms with E-state index in [1.165, 1.54) is 30.4 Å². The van der Waals surface area contributed by atoms with Crippen molar-refractivity contribution in [2.45, 2.75) is 58.3 Å². The molecule has 1 aliphatic carbocycles. The summed E-state index contributed by atoms with van der Waals surface area (Å²) in [6, 6.07) is 13.5. The highest BCUT2D eigenvalue weighted by Gasteiger charge is 2.22. The van der Waals surface area contributed by atoms with Gasteiger partial charge in [-0.25, -0.2) is 4.98 Å². The number of nitrogens with zero attached hydrogens (tertiary/aromatic N) is 1. The highest BCUT2D eigenvalue weighted by atomic mass is 16.5. The molecule has 1 N–H and O–H groups in total. The van der Waals surface area contributed by atoms with Crippen LogP contribution in [0.5, 0.6) is 11.5 Å². The number of aromatic hydroxyl groups is 1. The number of phenols is 1. The van der Waals surface area contributed by atoms with Gasteiger partial charge in [0.25, 0.3) is 0 Å². The third-order valence-electron chi connectivity index (χ3n) is 5.77. The van der Waals surface area contributed by atoms with Crippen LogP contribution in [-0.4, -0.2) is 16.7 Å². The molecule has 0 fully saturated rings. The molecule has 0 aliphatic heterocycles.